The molecule has 0 aliphatic rings. The largest absolute Gasteiger partial charge is 0.457 e. The van der Waals surface area contributed by atoms with Crippen LogP contribution in [0.2, 0.25) is 0 Å². The van der Waals surface area contributed by atoms with Gasteiger partial charge in [0.25, 0.3) is 0 Å². The van der Waals surface area contributed by atoms with Crippen molar-refractivity contribution in [3.8, 4) is 0 Å². The number of carbonyl (C=O) groups is 1. The Morgan fingerprint density at radius 3 is 2.05 bits per heavy atom. The van der Waals surface area contributed by atoms with E-state index in [1.54, 1.807) is 0 Å². The van der Waals surface area contributed by atoms with Gasteiger partial charge in [-0.05, 0) is 42.0 Å². The van der Waals surface area contributed by atoms with E-state index in [1.165, 1.54) is 24.3 Å². The summed E-state index contributed by atoms with van der Waals surface area (Å²) >= 11 is 0. The molecule has 0 bridgehead atoms. The van der Waals surface area contributed by atoms with Gasteiger partial charge in [-0.15, -0.1) is 0 Å². The Labute approximate surface area is 118 Å². The van der Waals surface area contributed by atoms with Crippen molar-refractivity contribution in [1.29, 1.82) is 0 Å². The summed E-state index contributed by atoms with van der Waals surface area (Å²) in [7, 11) is 0. The molecule has 0 fully saturated rings. The second-order valence-corrected chi connectivity index (χ2v) is 4.28. The molecule has 2 rings (SSSR count). The summed E-state index contributed by atoms with van der Waals surface area (Å²) in [4.78, 5) is 11.7. The third-order valence-electron chi connectivity index (χ3n) is 2.73. The molecule has 0 N–H and O–H groups in total. The van der Waals surface area contributed by atoms with Gasteiger partial charge in [-0.1, -0.05) is 12.1 Å². The quantitative estimate of drug-likeness (QED) is 0.627. The molecule has 0 saturated carbocycles. The summed E-state index contributed by atoms with van der Waals surface area (Å²) in [6.07, 6.45) is -4.45. The maximum atomic E-state index is 12.7. The summed E-state index contributed by atoms with van der Waals surface area (Å²) in [6, 6.07) is 9.09. The first-order chi connectivity index (χ1) is 9.86. The van der Waals surface area contributed by atoms with Crippen LogP contribution >= 0.6 is 0 Å². The first-order valence-electron chi connectivity index (χ1n) is 5.95. The van der Waals surface area contributed by atoms with Crippen molar-refractivity contribution in [3.05, 3.63) is 71.0 Å². The van der Waals surface area contributed by atoms with Crippen LogP contribution in [0.5, 0.6) is 0 Å². The molecule has 0 saturated heterocycles. The fraction of sp³-hybridized carbons (Fsp3) is 0.133. The van der Waals surface area contributed by atoms with Crippen LogP contribution in [-0.4, -0.2) is 5.97 Å². The standard InChI is InChI=1S/C15H10F4O2/c16-13-7-1-10(2-8-13)9-21-14(20)11-3-5-12(6-4-11)15(17,18)19/h1-8H,9H2. The van der Waals surface area contributed by atoms with E-state index in [-0.39, 0.29) is 12.2 Å². The van der Waals surface area contributed by atoms with Gasteiger partial charge >= 0.3 is 12.1 Å². The first kappa shape index (κ1) is 15.0. The lowest BCUT2D eigenvalue weighted by atomic mass is 10.1. The maximum Gasteiger partial charge on any atom is 0.416 e. The molecule has 0 heterocycles. The first-order valence-corrected chi connectivity index (χ1v) is 5.95. The molecule has 110 valence electrons. The molecular weight excluding hydrogens is 288 g/mol. The highest BCUT2D eigenvalue weighted by atomic mass is 19.4. The van der Waals surface area contributed by atoms with Crippen LogP contribution in [-0.2, 0) is 17.5 Å². The predicted octanol–water partition coefficient (Wildman–Crippen LogP) is 4.20. The summed E-state index contributed by atoms with van der Waals surface area (Å²) in [5.74, 6) is -1.15. The Morgan fingerprint density at radius 1 is 0.952 bits per heavy atom. The van der Waals surface area contributed by atoms with Gasteiger partial charge < -0.3 is 4.74 Å². The number of benzene rings is 2. The molecule has 0 radical (unpaired) electrons. The number of rotatable bonds is 3. The van der Waals surface area contributed by atoms with Gasteiger partial charge in [0, 0.05) is 0 Å². The van der Waals surface area contributed by atoms with Crippen molar-refractivity contribution < 1.29 is 27.1 Å². The van der Waals surface area contributed by atoms with Crippen molar-refractivity contribution in [1.82, 2.24) is 0 Å². The Balaban J connectivity index is 1.99. The zero-order valence-electron chi connectivity index (χ0n) is 10.7. The molecule has 0 spiro atoms. The molecule has 2 aromatic carbocycles. The van der Waals surface area contributed by atoms with Gasteiger partial charge in [0.2, 0.25) is 0 Å². The van der Waals surface area contributed by atoms with Gasteiger partial charge in [-0.2, -0.15) is 13.2 Å². The van der Waals surface area contributed by atoms with Crippen molar-refractivity contribution in [3.63, 3.8) is 0 Å². The predicted molar refractivity (Wildman–Crippen MR) is 67.0 cm³/mol. The molecule has 0 aliphatic heterocycles. The second-order valence-electron chi connectivity index (χ2n) is 4.28. The van der Waals surface area contributed by atoms with Crippen molar-refractivity contribution >= 4 is 5.97 Å². The number of hydrogen-bond donors (Lipinski definition) is 0. The van der Waals surface area contributed by atoms with Crippen molar-refractivity contribution in [2.45, 2.75) is 12.8 Å². The topological polar surface area (TPSA) is 26.3 Å². The van der Waals surface area contributed by atoms with Crippen LogP contribution < -0.4 is 0 Å². The molecule has 0 aromatic heterocycles. The smallest absolute Gasteiger partial charge is 0.416 e. The number of ether oxygens (including phenoxy) is 1. The van der Waals surface area contributed by atoms with Crippen LogP contribution in [0.25, 0.3) is 0 Å². The SMILES string of the molecule is O=C(OCc1ccc(F)cc1)c1ccc(C(F)(F)F)cc1. The lowest BCUT2D eigenvalue weighted by Crippen LogP contribution is -2.08. The minimum Gasteiger partial charge on any atom is -0.457 e. The number of esters is 1. The minimum absolute atomic E-state index is 0.0186. The van der Waals surface area contributed by atoms with Crippen LogP contribution in [0.15, 0.2) is 48.5 Å². The van der Waals surface area contributed by atoms with Crippen LogP contribution in [0.3, 0.4) is 0 Å². The second kappa shape index (κ2) is 5.95. The molecule has 0 amide bonds. The van der Waals surface area contributed by atoms with Crippen LogP contribution in [0, 0.1) is 5.82 Å². The zero-order chi connectivity index (χ0) is 15.5. The number of hydrogen-bond acceptors (Lipinski definition) is 2. The van der Waals surface area contributed by atoms with Gasteiger partial charge in [-0.3, -0.25) is 0 Å². The van der Waals surface area contributed by atoms with Crippen LogP contribution in [0.1, 0.15) is 21.5 Å². The fourth-order valence-electron chi connectivity index (χ4n) is 1.61. The van der Waals surface area contributed by atoms with Crippen LogP contribution in [0.4, 0.5) is 17.6 Å². The zero-order valence-corrected chi connectivity index (χ0v) is 10.7. The molecular formula is C15H10F4O2. The molecule has 21 heavy (non-hydrogen) atoms. The lowest BCUT2D eigenvalue weighted by Gasteiger charge is -2.08. The van der Waals surface area contributed by atoms with E-state index in [4.69, 9.17) is 4.74 Å². The van der Waals surface area contributed by atoms with E-state index >= 15 is 0 Å². The van der Waals surface area contributed by atoms with E-state index < -0.39 is 23.5 Å². The summed E-state index contributed by atoms with van der Waals surface area (Å²) in [6.45, 7) is -0.0832. The number of carbonyl (C=O) groups excluding carboxylic acids is 1. The fourth-order valence-corrected chi connectivity index (χ4v) is 1.61. The van der Waals surface area contributed by atoms with E-state index in [1.807, 2.05) is 0 Å². The Bertz CT molecular complexity index is 616. The third-order valence-corrected chi connectivity index (χ3v) is 2.73. The number of halogens is 4. The van der Waals surface area contributed by atoms with Gasteiger partial charge in [0.15, 0.2) is 0 Å². The highest BCUT2D eigenvalue weighted by Crippen LogP contribution is 2.29. The molecule has 0 unspecified atom stereocenters. The molecule has 0 atom stereocenters. The Morgan fingerprint density at radius 2 is 1.52 bits per heavy atom. The highest BCUT2D eigenvalue weighted by Gasteiger charge is 2.30. The Hall–Kier alpha value is -2.37. The van der Waals surface area contributed by atoms with Gasteiger partial charge in [0.1, 0.15) is 12.4 Å². The number of alkyl halides is 3. The van der Waals surface area contributed by atoms with E-state index in [0.717, 1.165) is 24.3 Å². The van der Waals surface area contributed by atoms with E-state index in [0.29, 0.717) is 5.56 Å². The summed E-state index contributed by atoms with van der Waals surface area (Å²) in [5.41, 5.74) is -0.237. The van der Waals surface area contributed by atoms with E-state index in [9.17, 15) is 22.4 Å². The maximum absolute atomic E-state index is 12.7. The highest BCUT2D eigenvalue weighted by molar-refractivity contribution is 5.89. The third kappa shape index (κ3) is 4.05. The normalized spacial score (nSPS) is 11.2. The lowest BCUT2D eigenvalue weighted by molar-refractivity contribution is -0.137. The summed E-state index contributed by atoms with van der Waals surface area (Å²) < 4.78 is 54.7. The Kier molecular flexibility index (Phi) is 4.26. The van der Waals surface area contributed by atoms with Gasteiger partial charge in [0.05, 0.1) is 11.1 Å². The van der Waals surface area contributed by atoms with E-state index in [2.05, 4.69) is 0 Å². The molecule has 2 nitrogen and oxygen atoms in total. The minimum atomic E-state index is -4.45. The molecule has 0 aliphatic carbocycles. The monoisotopic (exact) mass is 298 g/mol. The average Bonchev–Trinajstić information content (AvgIpc) is 2.45. The molecule has 6 heteroatoms. The summed E-state index contributed by atoms with van der Waals surface area (Å²) in [5, 5.41) is 0. The average molecular weight is 298 g/mol. The molecule has 2 aromatic rings. The van der Waals surface area contributed by atoms with Gasteiger partial charge in [-0.25, -0.2) is 9.18 Å². The van der Waals surface area contributed by atoms with Crippen molar-refractivity contribution in [2.75, 3.05) is 0 Å². The van der Waals surface area contributed by atoms with Crippen molar-refractivity contribution in [2.24, 2.45) is 0 Å².